The minimum Gasteiger partial charge on any atom is -0.468 e. The maximum absolute atomic E-state index is 12.0. The lowest BCUT2D eigenvalue weighted by Gasteiger charge is -2.26. The molecule has 1 atom stereocenters. The van der Waals surface area contributed by atoms with Gasteiger partial charge in [0.1, 0.15) is 11.4 Å². The summed E-state index contributed by atoms with van der Waals surface area (Å²) >= 11 is 1.57. The summed E-state index contributed by atoms with van der Waals surface area (Å²) in [5.74, 6) is 1.40. The monoisotopic (exact) mass is 312 g/mol. The molecule has 0 aromatic carbocycles. The molecule has 1 aliphatic rings. The van der Waals surface area contributed by atoms with Crippen LogP contribution in [0.2, 0.25) is 0 Å². The van der Waals surface area contributed by atoms with Crippen molar-refractivity contribution in [1.82, 2.24) is 20.1 Å². The molecule has 0 fully saturated rings. The summed E-state index contributed by atoms with van der Waals surface area (Å²) in [5, 5.41) is 12.7. The van der Waals surface area contributed by atoms with Crippen LogP contribution in [0.4, 0.5) is 0 Å². The molecule has 1 aromatic heterocycles. The number of thioether (sulfide) groups is 1. The molecule has 21 heavy (non-hydrogen) atoms. The summed E-state index contributed by atoms with van der Waals surface area (Å²) in [4.78, 5) is 12.0. The Hall–Kier alpha value is -1.08. The highest BCUT2D eigenvalue weighted by molar-refractivity contribution is 7.99. The van der Waals surface area contributed by atoms with Crippen LogP contribution in [0.5, 0.6) is 0 Å². The summed E-state index contributed by atoms with van der Waals surface area (Å²) in [6.07, 6.45) is 4.58. The molecule has 1 aliphatic heterocycles. The molecule has 0 saturated carbocycles. The van der Waals surface area contributed by atoms with Gasteiger partial charge in [-0.05, 0) is 26.3 Å². The van der Waals surface area contributed by atoms with Crippen molar-refractivity contribution in [3.63, 3.8) is 0 Å². The molecule has 0 radical (unpaired) electrons. The highest BCUT2D eigenvalue weighted by Gasteiger charge is 2.34. The van der Waals surface area contributed by atoms with Gasteiger partial charge in [0.15, 0.2) is 5.16 Å². The van der Waals surface area contributed by atoms with Gasteiger partial charge in [0.05, 0.1) is 7.11 Å². The molecule has 1 N–H and O–H groups in total. The zero-order valence-electron chi connectivity index (χ0n) is 13.0. The van der Waals surface area contributed by atoms with Crippen LogP contribution in [0.25, 0.3) is 0 Å². The SMILES string of the molecule is CCNC(C)(CSc1nnc2n1CCCCC2)C(=O)OC. The fourth-order valence-electron chi connectivity index (χ4n) is 2.57. The van der Waals surface area contributed by atoms with E-state index in [0.29, 0.717) is 12.3 Å². The number of hydrogen-bond donors (Lipinski definition) is 1. The van der Waals surface area contributed by atoms with Gasteiger partial charge in [-0.15, -0.1) is 10.2 Å². The fourth-order valence-corrected chi connectivity index (χ4v) is 3.66. The number of carbonyl (C=O) groups is 1. The van der Waals surface area contributed by atoms with Gasteiger partial charge in [0.25, 0.3) is 0 Å². The predicted octanol–water partition coefficient (Wildman–Crippen LogP) is 1.64. The van der Waals surface area contributed by atoms with E-state index in [9.17, 15) is 4.79 Å². The lowest BCUT2D eigenvalue weighted by atomic mass is 10.1. The van der Waals surface area contributed by atoms with Crippen LogP contribution in [0, 0.1) is 0 Å². The Labute approximate surface area is 130 Å². The zero-order chi connectivity index (χ0) is 15.3. The average molecular weight is 312 g/mol. The molecule has 6 nitrogen and oxygen atoms in total. The number of nitrogens with zero attached hydrogens (tertiary/aromatic N) is 3. The van der Waals surface area contributed by atoms with Gasteiger partial charge in [0, 0.05) is 18.7 Å². The lowest BCUT2D eigenvalue weighted by Crippen LogP contribution is -2.52. The average Bonchev–Trinajstić information content (AvgIpc) is 2.71. The van der Waals surface area contributed by atoms with E-state index in [-0.39, 0.29) is 5.97 Å². The van der Waals surface area contributed by atoms with E-state index in [1.807, 2.05) is 13.8 Å². The van der Waals surface area contributed by atoms with Gasteiger partial charge >= 0.3 is 5.97 Å². The van der Waals surface area contributed by atoms with Gasteiger partial charge in [-0.3, -0.25) is 4.79 Å². The molecule has 0 amide bonds. The van der Waals surface area contributed by atoms with Crippen LogP contribution < -0.4 is 5.32 Å². The number of ether oxygens (including phenoxy) is 1. The molecule has 7 heteroatoms. The number of methoxy groups -OCH3 is 1. The van der Waals surface area contributed by atoms with Crippen LogP contribution in [-0.2, 0) is 22.5 Å². The number of rotatable bonds is 6. The number of likely N-dealkylation sites (N-methyl/N-ethyl adjacent to an activating group) is 1. The molecule has 2 rings (SSSR count). The highest BCUT2D eigenvalue weighted by atomic mass is 32.2. The molecule has 0 saturated heterocycles. The molecule has 2 heterocycles. The Bertz CT molecular complexity index is 491. The summed E-state index contributed by atoms with van der Waals surface area (Å²) in [7, 11) is 1.42. The smallest absolute Gasteiger partial charge is 0.326 e. The molecular formula is C14H24N4O2S. The maximum Gasteiger partial charge on any atom is 0.326 e. The molecular weight excluding hydrogens is 288 g/mol. The van der Waals surface area contributed by atoms with Gasteiger partial charge in [-0.1, -0.05) is 25.1 Å². The van der Waals surface area contributed by atoms with Crippen molar-refractivity contribution in [2.75, 3.05) is 19.4 Å². The van der Waals surface area contributed by atoms with E-state index in [1.165, 1.54) is 26.4 Å². The summed E-state index contributed by atoms with van der Waals surface area (Å²) in [6, 6.07) is 0. The number of aryl methyl sites for hydroxylation is 1. The third kappa shape index (κ3) is 3.77. The van der Waals surface area contributed by atoms with E-state index in [1.54, 1.807) is 11.8 Å². The van der Waals surface area contributed by atoms with Crippen LogP contribution in [0.15, 0.2) is 5.16 Å². The molecule has 0 bridgehead atoms. The number of esters is 1. The normalized spacial score (nSPS) is 17.7. The van der Waals surface area contributed by atoms with Crippen molar-refractivity contribution < 1.29 is 9.53 Å². The first-order valence-corrected chi connectivity index (χ1v) is 8.47. The largest absolute Gasteiger partial charge is 0.468 e. The predicted molar refractivity (Wildman–Crippen MR) is 82.4 cm³/mol. The van der Waals surface area contributed by atoms with Gasteiger partial charge < -0.3 is 14.6 Å². The number of aromatic nitrogens is 3. The fraction of sp³-hybridized carbons (Fsp3) is 0.786. The minimum absolute atomic E-state index is 0.243. The van der Waals surface area contributed by atoms with E-state index in [0.717, 1.165) is 23.9 Å². The Balaban J connectivity index is 2.07. The van der Waals surface area contributed by atoms with Crippen LogP contribution in [0.1, 0.15) is 38.9 Å². The van der Waals surface area contributed by atoms with Crippen molar-refractivity contribution in [2.24, 2.45) is 0 Å². The first-order valence-electron chi connectivity index (χ1n) is 7.49. The van der Waals surface area contributed by atoms with Crippen molar-refractivity contribution in [3.05, 3.63) is 5.82 Å². The number of nitrogens with one attached hydrogen (secondary N) is 1. The quantitative estimate of drug-likeness (QED) is 0.636. The van der Waals surface area contributed by atoms with Gasteiger partial charge in [-0.25, -0.2) is 0 Å². The summed E-state index contributed by atoms with van der Waals surface area (Å²) < 4.78 is 7.11. The minimum atomic E-state index is -0.703. The Kier molecular flexibility index (Phi) is 5.64. The molecule has 1 aromatic rings. The number of hydrogen-bond acceptors (Lipinski definition) is 6. The Morgan fingerprint density at radius 1 is 1.43 bits per heavy atom. The first-order chi connectivity index (χ1) is 10.1. The van der Waals surface area contributed by atoms with Crippen LogP contribution in [-0.4, -0.2) is 45.7 Å². The molecule has 118 valence electrons. The second-order valence-electron chi connectivity index (χ2n) is 5.50. The van der Waals surface area contributed by atoms with Gasteiger partial charge in [-0.2, -0.15) is 0 Å². The highest BCUT2D eigenvalue weighted by Crippen LogP contribution is 2.25. The Morgan fingerprint density at radius 3 is 2.95 bits per heavy atom. The second kappa shape index (κ2) is 7.26. The van der Waals surface area contributed by atoms with Crippen LogP contribution in [0.3, 0.4) is 0 Å². The van der Waals surface area contributed by atoms with E-state index in [2.05, 4.69) is 20.1 Å². The van der Waals surface area contributed by atoms with E-state index >= 15 is 0 Å². The van der Waals surface area contributed by atoms with Crippen molar-refractivity contribution in [1.29, 1.82) is 0 Å². The number of carbonyl (C=O) groups excluding carboxylic acids is 1. The van der Waals surface area contributed by atoms with Crippen LogP contribution >= 0.6 is 11.8 Å². The summed E-state index contributed by atoms with van der Waals surface area (Å²) in [6.45, 7) is 5.54. The van der Waals surface area contributed by atoms with Crippen molar-refractivity contribution in [2.45, 2.75) is 56.8 Å². The number of fused-ring (bicyclic) bond motifs is 1. The molecule has 0 spiro atoms. The first kappa shape index (κ1) is 16.3. The summed E-state index contributed by atoms with van der Waals surface area (Å²) in [5.41, 5.74) is -0.703. The molecule has 0 aliphatic carbocycles. The van der Waals surface area contributed by atoms with Gasteiger partial charge in [0.2, 0.25) is 0 Å². The second-order valence-corrected chi connectivity index (χ2v) is 6.45. The third-order valence-electron chi connectivity index (χ3n) is 3.77. The lowest BCUT2D eigenvalue weighted by molar-refractivity contribution is -0.146. The standard InChI is InChI=1S/C14H24N4O2S/c1-4-15-14(2,12(19)20-3)10-21-13-17-16-11-8-6-5-7-9-18(11)13/h15H,4-10H2,1-3H3. The van der Waals surface area contributed by atoms with Crippen molar-refractivity contribution >= 4 is 17.7 Å². The van der Waals surface area contributed by atoms with E-state index < -0.39 is 5.54 Å². The zero-order valence-corrected chi connectivity index (χ0v) is 13.8. The maximum atomic E-state index is 12.0. The van der Waals surface area contributed by atoms with E-state index in [4.69, 9.17) is 4.74 Å². The van der Waals surface area contributed by atoms with Crippen molar-refractivity contribution in [3.8, 4) is 0 Å². The third-order valence-corrected chi connectivity index (χ3v) is 5.05. The Morgan fingerprint density at radius 2 is 2.24 bits per heavy atom. The topological polar surface area (TPSA) is 69.0 Å². The molecule has 1 unspecified atom stereocenters.